The van der Waals surface area contributed by atoms with Crippen LogP contribution >= 0.6 is 11.8 Å². The van der Waals surface area contributed by atoms with Gasteiger partial charge in [0.25, 0.3) is 5.56 Å². The molecule has 2 aliphatic rings. The fourth-order valence-corrected chi connectivity index (χ4v) is 4.26. The van der Waals surface area contributed by atoms with Crippen molar-refractivity contribution in [1.82, 2.24) is 9.55 Å². The number of carbonyl (C=O) groups excluding carboxylic acids is 1. The van der Waals surface area contributed by atoms with Crippen LogP contribution in [0.1, 0.15) is 47.4 Å². The lowest BCUT2D eigenvalue weighted by Gasteiger charge is -2.19. The predicted octanol–water partition coefficient (Wildman–Crippen LogP) is 3.76. The number of hydrogen-bond donors (Lipinski definition) is 0. The summed E-state index contributed by atoms with van der Waals surface area (Å²) in [5.41, 5.74) is 2.28. The van der Waals surface area contributed by atoms with Crippen LogP contribution in [0.3, 0.4) is 0 Å². The Hall–Kier alpha value is -2.14. The largest absolute Gasteiger partial charge is 0.293 e. The summed E-state index contributed by atoms with van der Waals surface area (Å²) in [4.78, 5) is 30.1. The number of ketones is 1. The lowest BCUT2D eigenvalue weighted by Crippen LogP contribution is -2.30. The van der Waals surface area contributed by atoms with Gasteiger partial charge < -0.3 is 0 Å². The average molecular weight is 352 g/mol. The molecule has 1 atom stereocenters. The second-order valence-electron chi connectivity index (χ2n) is 6.69. The summed E-state index contributed by atoms with van der Waals surface area (Å²) in [5.74, 6) is 0.899. The molecule has 25 heavy (non-hydrogen) atoms. The molecule has 0 amide bonds. The van der Waals surface area contributed by atoms with Crippen LogP contribution in [0.4, 0.5) is 0 Å². The topological polar surface area (TPSA) is 52.0 Å². The van der Waals surface area contributed by atoms with E-state index in [1.807, 2.05) is 47.1 Å². The summed E-state index contributed by atoms with van der Waals surface area (Å²) in [5, 5.41) is 0.677. The van der Waals surface area contributed by atoms with Gasteiger partial charge in [-0.1, -0.05) is 54.2 Å². The minimum atomic E-state index is 0.0350. The van der Waals surface area contributed by atoms with Crippen molar-refractivity contribution in [3.8, 4) is 0 Å². The first-order chi connectivity index (χ1) is 12.1. The molecule has 1 heterocycles. The lowest BCUT2D eigenvalue weighted by molar-refractivity contribution is 0.102. The molecule has 0 saturated heterocycles. The van der Waals surface area contributed by atoms with E-state index in [4.69, 9.17) is 4.98 Å². The number of nitrogens with zero attached hydrogens (tertiary/aromatic N) is 2. The first-order valence-corrected chi connectivity index (χ1v) is 9.66. The molecule has 0 spiro atoms. The Bertz CT molecular complexity index is 898. The van der Waals surface area contributed by atoms with Gasteiger partial charge in [-0.15, -0.1) is 0 Å². The monoisotopic (exact) mass is 352 g/mol. The quantitative estimate of drug-likeness (QED) is 0.451. The van der Waals surface area contributed by atoms with E-state index in [-0.39, 0.29) is 17.4 Å². The molecule has 0 radical (unpaired) electrons. The summed E-state index contributed by atoms with van der Waals surface area (Å²) in [6, 6.07) is 9.40. The van der Waals surface area contributed by atoms with Crippen LogP contribution in [0, 0.1) is 5.92 Å². The van der Waals surface area contributed by atoms with Crippen LogP contribution in [0.15, 0.2) is 46.4 Å². The smallest absolute Gasteiger partial charge is 0.261 e. The maximum Gasteiger partial charge on any atom is 0.261 e. The van der Waals surface area contributed by atoms with Crippen molar-refractivity contribution >= 4 is 23.6 Å². The van der Waals surface area contributed by atoms with Crippen molar-refractivity contribution in [3.05, 3.63) is 63.6 Å². The summed E-state index contributed by atoms with van der Waals surface area (Å²) in [6.07, 6.45) is 6.88. The Morgan fingerprint density at radius 3 is 2.80 bits per heavy atom. The first kappa shape index (κ1) is 16.3. The Labute approximate surface area is 151 Å². The minimum absolute atomic E-state index is 0.0350. The van der Waals surface area contributed by atoms with E-state index in [0.717, 1.165) is 18.5 Å². The van der Waals surface area contributed by atoms with Crippen molar-refractivity contribution < 1.29 is 4.79 Å². The fraction of sp³-hybridized carbons (Fsp3) is 0.350. The molecule has 5 heteroatoms. The third kappa shape index (κ3) is 3.21. The molecule has 1 unspecified atom stereocenters. The third-order valence-corrected chi connectivity index (χ3v) is 5.88. The van der Waals surface area contributed by atoms with Gasteiger partial charge in [-0.25, -0.2) is 4.98 Å². The van der Waals surface area contributed by atoms with Gasteiger partial charge in [-0.2, -0.15) is 0 Å². The average Bonchev–Trinajstić information content (AvgIpc) is 3.38. The van der Waals surface area contributed by atoms with Gasteiger partial charge in [-0.05, 0) is 25.7 Å². The summed E-state index contributed by atoms with van der Waals surface area (Å²) in [7, 11) is 0. The number of rotatable bonds is 6. The second-order valence-corrected chi connectivity index (χ2v) is 7.63. The molecule has 0 bridgehead atoms. The normalized spacial score (nSPS) is 16.7. The van der Waals surface area contributed by atoms with Crippen LogP contribution in [0.5, 0.6) is 0 Å². The molecule has 128 valence electrons. The van der Waals surface area contributed by atoms with Crippen LogP contribution in [0.2, 0.25) is 0 Å². The lowest BCUT2D eigenvalue weighted by atomic mass is 10.2. The Morgan fingerprint density at radius 2 is 2.08 bits per heavy atom. The Balaban J connectivity index is 1.63. The zero-order chi connectivity index (χ0) is 17.4. The number of hydrogen-bond acceptors (Lipinski definition) is 4. The summed E-state index contributed by atoms with van der Waals surface area (Å²) >= 11 is 1.38. The van der Waals surface area contributed by atoms with Gasteiger partial charge >= 0.3 is 0 Å². The zero-order valence-corrected chi connectivity index (χ0v) is 15.0. The molecule has 0 aliphatic heterocycles. The van der Waals surface area contributed by atoms with Crippen molar-refractivity contribution in [1.29, 1.82) is 0 Å². The molecule has 0 N–H and O–H groups in total. The Kier molecular flexibility index (Phi) is 4.34. The molecule has 1 fully saturated rings. The standard InChI is InChI=1S/C20H20N2O2S/c1-13(14-10-11-14)22-19(24)16-8-5-9-17(16)21-20(22)25-12-18(23)15-6-3-2-4-7-15/h2-8,13-14H,9-12H2,1H3. The van der Waals surface area contributed by atoms with E-state index in [1.54, 1.807) is 0 Å². The molecule has 1 saturated carbocycles. The van der Waals surface area contributed by atoms with Crippen molar-refractivity contribution in [2.45, 2.75) is 37.4 Å². The number of fused-ring (bicyclic) bond motifs is 1. The SMILES string of the molecule is CC(C1CC1)n1c(SCC(=O)c2ccccc2)nc2c(c1=O)C=CC2. The van der Waals surface area contributed by atoms with Crippen LogP contribution in [-0.2, 0) is 6.42 Å². The molecule has 1 aromatic carbocycles. The maximum atomic E-state index is 12.9. The Morgan fingerprint density at radius 1 is 1.32 bits per heavy atom. The van der Waals surface area contributed by atoms with Gasteiger partial charge in [0.15, 0.2) is 10.9 Å². The van der Waals surface area contributed by atoms with E-state index in [0.29, 0.717) is 34.4 Å². The number of carbonyl (C=O) groups is 1. The number of allylic oxidation sites excluding steroid dienone is 1. The highest BCUT2D eigenvalue weighted by molar-refractivity contribution is 7.99. The molecule has 4 nitrogen and oxygen atoms in total. The second kappa shape index (κ2) is 6.64. The zero-order valence-electron chi connectivity index (χ0n) is 14.1. The molecular weight excluding hydrogens is 332 g/mol. The van der Waals surface area contributed by atoms with E-state index >= 15 is 0 Å². The van der Waals surface area contributed by atoms with Gasteiger partial charge in [-0.3, -0.25) is 14.2 Å². The molecule has 1 aromatic heterocycles. The van der Waals surface area contributed by atoms with Crippen LogP contribution < -0.4 is 5.56 Å². The third-order valence-electron chi connectivity index (χ3n) is 4.93. The van der Waals surface area contributed by atoms with Crippen LogP contribution in [-0.4, -0.2) is 21.1 Å². The van der Waals surface area contributed by atoms with Crippen molar-refractivity contribution in [2.24, 2.45) is 5.92 Å². The number of thioether (sulfide) groups is 1. The van der Waals surface area contributed by atoms with E-state index in [2.05, 4.69) is 6.92 Å². The highest BCUT2D eigenvalue weighted by atomic mass is 32.2. The maximum absolute atomic E-state index is 12.9. The minimum Gasteiger partial charge on any atom is -0.293 e. The number of Topliss-reactive ketones (excluding diaryl/α,β-unsaturated/α-hetero) is 1. The van der Waals surface area contributed by atoms with Crippen molar-refractivity contribution in [2.75, 3.05) is 5.75 Å². The first-order valence-electron chi connectivity index (χ1n) is 8.68. The highest BCUT2D eigenvalue weighted by Gasteiger charge is 2.32. The van der Waals surface area contributed by atoms with Gasteiger partial charge in [0.2, 0.25) is 0 Å². The van der Waals surface area contributed by atoms with Gasteiger partial charge in [0.1, 0.15) is 0 Å². The number of aromatic nitrogens is 2. The highest BCUT2D eigenvalue weighted by Crippen LogP contribution is 2.40. The molecule has 2 aliphatic carbocycles. The van der Waals surface area contributed by atoms with Gasteiger partial charge in [0.05, 0.1) is 17.0 Å². The predicted molar refractivity (Wildman–Crippen MR) is 100 cm³/mol. The van der Waals surface area contributed by atoms with E-state index in [1.165, 1.54) is 11.8 Å². The summed E-state index contributed by atoms with van der Waals surface area (Å²) in [6.45, 7) is 2.09. The number of benzene rings is 1. The molecule has 2 aromatic rings. The van der Waals surface area contributed by atoms with Crippen LogP contribution in [0.25, 0.3) is 6.08 Å². The summed E-state index contributed by atoms with van der Waals surface area (Å²) < 4.78 is 1.81. The molecular formula is C20H20N2O2S. The van der Waals surface area contributed by atoms with Crippen molar-refractivity contribution in [3.63, 3.8) is 0 Å². The fourth-order valence-electron chi connectivity index (χ4n) is 3.27. The van der Waals surface area contributed by atoms with Gasteiger partial charge in [0, 0.05) is 18.0 Å². The van der Waals surface area contributed by atoms with E-state index in [9.17, 15) is 9.59 Å². The van der Waals surface area contributed by atoms with E-state index < -0.39 is 0 Å². The molecule has 4 rings (SSSR count).